The summed E-state index contributed by atoms with van der Waals surface area (Å²) in [7, 11) is 0. The minimum absolute atomic E-state index is 0.102. The van der Waals surface area contributed by atoms with E-state index in [1.807, 2.05) is 0 Å². The lowest BCUT2D eigenvalue weighted by atomic mass is 9.72. The smallest absolute Gasteiger partial charge is 0.410 e. The van der Waals surface area contributed by atoms with E-state index in [2.05, 4.69) is 0 Å². The van der Waals surface area contributed by atoms with Crippen LogP contribution in [0.2, 0.25) is 0 Å². The number of halogens is 2. The second kappa shape index (κ2) is 5.21. The van der Waals surface area contributed by atoms with Crippen LogP contribution >= 0.6 is 0 Å². The van der Waals surface area contributed by atoms with Crippen LogP contribution < -0.4 is 0 Å². The Balaban J connectivity index is 2.18. The number of ether oxygens (including phenoxy) is 1. The minimum Gasteiger partial charge on any atom is -0.435 e. The normalized spacial score (nSPS) is 24.1. The molecule has 0 radical (unpaired) electrons. The molecule has 1 saturated heterocycles. The quantitative estimate of drug-likeness (QED) is 0.785. The number of Topliss-reactive ketones (excluding diaryl/α,β-unsaturated/α-hetero) is 1. The van der Waals surface area contributed by atoms with Crippen LogP contribution in [0.3, 0.4) is 0 Å². The van der Waals surface area contributed by atoms with E-state index in [0.717, 1.165) is 6.42 Å². The van der Waals surface area contributed by atoms with Gasteiger partial charge in [0.05, 0.1) is 0 Å². The number of carbonyl (C=O) groups excluding carboxylic acids is 2. The van der Waals surface area contributed by atoms with Gasteiger partial charge in [0, 0.05) is 44.2 Å². The molecule has 0 aromatic heterocycles. The number of hydrogen-bond acceptors (Lipinski definition) is 3. The third-order valence-corrected chi connectivity index (χ3v) is 4.28. The molecule has 0 N–H and O–H groups in total. The summed E-state index contributed by atoms with van der Waals surface area (Å²) in [5, 5.41) is 0. The summed E-state index contributed by atoms with van der Waals surface area (Å²) >= 11 is 0. The predicted molar refractivity (Wildman–Crippen MR) is 73.3 cm³/mol. The highest BCUT2D eigenvalue weighted by Crippen LogP contribution is 2.44. The molecule has 21 heavy (non-hydrogen) atoms. The zero-order valence-corrected chi connectivity index (χ0v) is 12.9. The van der Waals surface area contributed by atoms with Gasteiger partial charge in [-0.1, -0.05) is 20.8 Å². The standard InChI is InChI=1S/C15H23F2NO3/c1-13(2,3)11(19)14(5-7-15(16,17)8-6-14)21-12(20)18-9-4-10-18/h4-10H2,1-3H3. The summed E-state index contributed by atoms with van der Waals surface area (Å²) in [6.07, 6.45) is -0.674. The monoisotopic (exact) mass is 303 g/mol. The summed E-state index contributed by atoms with van der Waals surface area (Å²) in [4.78, 5) is 26.2. The highest BCUT2D eigenvalue weighted by Gasteiger charge is 2.53. The Labute approximate surface area is 123 Å². The molecule has 0 aromatic carbocycles. The Morgan fingerprint density at radius 1 is 1.05 bits per heavy atom. The fourth-order valence-electron chi connectivity index (χ4n) is 2.81. The van der Waals surface area contributed by atoms with Crippen LogP contribution in [0, 0.1) is 5.41 Å². The zero-order valence-electron chi connectivity index (χ0n) is 12.9. The van der Waals surface area contributed by atoms with Crippen LogP contribution in [0.15, 0.2) is 0 Å². The number of amides is 1. The number of alkyl halides is 2. The molecule has 1 heterocycles. The molecule has 1 saturated carbocycles. The molecule has 4 nitrogen and oxygen atoms in total. The maximum Gasteiger partial charge on any atom is 0.410 e. The van der Waals surface area contributed by atoms with E-state index in [1.165, 1.54) is 4.90 Å². The van der Waals surface area contributed by atoms with E-state index < -0.39 is 35.9 Å². The van der Waals surface area contributed by atoms with E-state index in [9.17, 15) is 18.4 Å². The highest BCUT2D eigenvalue weighted by atomic mass is 19.3. The fraction of sp³-hybridized carbons (Fsp3) is 0.867. The maximum absolute atomic E-state index is 13.4. The van der Waals surface area contributed by atoms with Gasteiger partial charge in [0.2, 0.25) is 5.92 Å². The number of nitrogens with zero attached hydrogens (tertiary/aromatic N) is 1. The Morgan fingerprint density at radius 3 is 1.95 bits per heavy atom. The van der Waals surface area contributed by atoms with Gasteiger partial charge in [-0.05, 0) is 6.42 Å². The van der Waals surface area contributed by atoms with Gasteiger partial charge >= 0.3 is 6.09 Å². The molecule has 0 atom stereocenters. The van der Waals surface area contributed by atoms with Crippen molar-refractivity contribution in [3.8, 4) is 0 Å². The molecule has 2 aliphatic rings. The molecule has 2 rings (SSSR count). The molecule has 0 spiro atoms. The summed E-state index contributed by atoms with van der Waals surface area (Å²) in [6, 6.07) is 0. The summed E-state index contributed by atoms with van der Waals surface area (Å²) in [5.41, 5.74) is -2.13. The van der Waals surface area contributed by atoms with E-state index in [1.54, 1.807) is 20.8 Å². The van der Waals surface area contributed by atoms with Crippen molar-refractivity contribution in [1.29, 1.82) is 0 Å². The molecule has 2 fully saturated rings. The first-order valence-corrected chi connectivity index (χ1v) is 7.46. The van der Waals surface area contributed by atoms with Crippen LogP contribution in [-0.2, 0) is 9.53 Å². The van der Waals surface area contributed by atoms with Crippen molar-refractivity contribution in [2.45, 2.75) is 64.4 Å². The SMILES string of the molecule is CC(C)(C)C(=O)C1(OC(=O)N2CCC2)CCC(F)(F)CC1. The molecular weight excluding hydrogens is 280 g/mol. The summed E-state index contributed by atoms with van der Waals surface area (Å²) < 4.78 is 32.3. The lowest BCUT2D eigenvalue weighted by molar-refractivity contribution is -0.161. The maximum atomic E-state index is 13.4. The molecule has 0 unspecified atom stereocenters. The average molecular weight is 303 g/mol. The number of ketones is 1. The number of hydrogen-bond donors (Lipinski definition) is 0. The van der Waals surface area contributed by atoms with Crippen molar-refractivity contribution in [2.24, 2.45) is 5.41 Å². The third-order valence-electron chi connectivity index (χ3n) is 4.28. The van der Waals surface area contributed by atoms with Crippen molar-refractivity contribution in [2.75, 3.05) is 13.1 Å². The van der Waals surface area contributed by atoms with Crippen molar-refractivity contribution < 1.29 is 23.1 Å². The third kappa shape index (κ3) is 3.35. The Hall–Kier alpha value is -1.20. The molecule has 0 bridgehead atoms. The van der Waals surface area contributed by atoms with Crippen LogP contribution in [-0.4, -0.2) is 41.4 Å². The minimum atomic E-state index is -2.77. The van der Waals surface area contributed by atoms with Gasteiger partial charge in [-0.3, -0.25) is 4.79 Å². The molecular formula is C15H23F2NO3. The van der Waals surface area contributed by atoms with Crippen LogP contribution in [0.25, 0.3) is 0 Å². The number of carbonyl (C=O) groups is 2. The van der Waals surface area contributed by atoms with Crippen LogP contribution in [0.1, 0.15) is 52.9 Å². The second-order valence-electron chi connectivity index (χ2n) is 7.14. The molecule has 120 valence electrons. The van der Waals surface area contributed by atoms with E-state index in [-0.39, 0.29) is 18.6 Å². The van der Waals surface area contributed by atoms with Gasteiger partial charge in [0.25, 0.3) is 0 Å². The number of likely N-dealkylation sites (tertiary alicyclic amines) is 1. The number of rotatable bonds is 2. The largest absolute Gasteiger partial charge is 0.435 e. The van der Waals surface area contributed by atoms with Gasteiger partial charge in [0.15, 0.2) is 11.4 Å². The molecule has 0 aromatic rings. The Bertz CT molecular complexity index is 429. The van der Waals surface area contributed by atoms with Gasteiger partial charge in [0.1, 0.15) is 0 Å². The fourth-order valence-corrected chi connectivity index (χ4v) is 2.81. The first kappa shape index (κ1) is 16.2. The molecule has 1 aliphatic carbocycles. The van der Waals surface area contributed by atoms with E-state index in [4.69, 9.17) is 4.74 Å². The summed E-state index contributed by atoms with van der Waals surface area (Å²) in [5.74, 6) is -3.04. The van der Waals surface area contributed by atoms with E-state index in [0.29, 0.717) is 13.1 Å². The first-order chi connectivity index (χ1) is 9.56. The summed E-state index contributed by atoms with van der Waals surface area (Å²) in [6.45, 7) is 6.38. The predicted octanol–water partition coefficient (Wildman–Crippen LogP) is 3.39. The van der Waals surface area contributed by atoms with Crippen molar-refractivity contribution in [3.05, 3.63) is 0 Å². The lowest BCUT2D eigenvalue weighted by Crippen LogP contribution is -2.55. The van der Waals surface area contributed by atoms with E-state index >= 15 is 0 Å². The van der Waals surface area contributed by atoms with Crippen molar-refractivity contribution in [3.63, 3.8) is 0 Å². The van der Waals surface area contributed by atoms with Gasteiger partial charge in [-0.15, -0.1) is 0 Å². The van der Waals surface area contributed by atoms with Crippen LogP contribution in [0.4, 0.5) is 13.6 Å². The second-order valence-corrected chi connectivity index (χ2v) is 7.14. The zero-order chi connectivity index (χ0) is 15.9. The van der Waals surface area contributed by atoms with Crippen molar-refractivity contribution in [1.82, 2.24) is 4.90 Å². The van der Waals surface area contributed by atoms with Gasteiger partial charge in [-0.25, -0.2) is 13.6 Å². The lowest BCUT2D eigenvalue weighted by Gasteiger charge is -2.43. The molecule has 1 amide bonds. The average Bonchev–Trinajstić information content (AvgIpc) is 2.28. The van der Waals surface area contributed by atoms with Gasteiger partial charge < -0.3 is 9.64 Å². The molecule has 1 aliphatic heterocycles. The highest BCUT2D eigenvalue weighted by molar-refractivity contribution is 5.93. The Kier molecular flexibility index (Phi) is 4.02. The first-order valence-electron chi connectivity index (χ1n) is 7.46. The molecule has 6 heteroatoms. The van der Waals surface area contributed by atoms with Crippen LogP contribution in [0.5, 0.6) is 0 Å². The van der Waals surface area contributed by atoms with Crippen molar-refractivity contribution >= 4 is 11.9 Å². The Morgan fingerprint density at radius 2 is 1.57 bits per heavy atom. The van der Waals surface area contributed by atoms with Gasteiger partial charge in [-0.2, -0.15) is 0 Å². The topological polar surface area (TPSA) is 46.6 Å².